The van der Waals surface area contributed by atoms with Crippen LogP contribution in [0.1, 0.15) is 38.5 Å². The number of primary amides is 1. The van der Waals surface area contributed by atoms with Gasteiger partial charge in [0, 0.05) is 41.3 Å². The molecule has 3 saturated heterocycles. The molecule has 0 aromatic carbocycles. The standard InChI is InChI=1S/C26H34ClN5O5S3/c27-22-7-5-20(38-22)21-6-8-24(39-21)40(36,37)29-19-4-2-11-31(26(19)35)16-23(33)32-12-1-3-18(32)15-30-13-9-17(10-14-30)25(28)34/h5-8,17-19,29H,1-4,9-16H2,(H2,28,34)/t18-,19-/m0/s1. The zero-order valence-electron chi connectivity index (χ0n) is 22.1. The van der Waals surface area contributed by atoms with Crippen LogP contribution in [0.25, 0.3) is 9.75 Å². The molecule has 3 amide bonds. The second-order valence-corrected chi connectivity index (χ2v) is 15.4. The molecule has 2 atom stereocenters. The van der Waals surface area contributed by atoms with E-state index in [2.05, 4.69) is 9.62 Å². The first-order chi connectivity index (χ1) is 19.1. The van der Waals surface area contributed by atoms with Crippen molar-refractivity contribution >= 4 is 62.0 Å². The van der Waals surface area contributed by atoms with Gasteiger partial charge < -0.3 is 20.4 Å². The number of thiophene rings is 2. The molecule has 2 aromatic heterocycles. The summed E-state index contributed by atoms with van der Waals surface area (Å²) in [5, 5.41) is 0. The Bertz CT molecular complexity index is 1350. The molecule has 0 aliphatic carbocycles. The Labute approximate surface area is 247 Å². The molecule has 0 radical (unpaired) electrons. The number of nitrogens with two attached hydrogens (primary N) is 1. The Kier molecular flexibility index (Phi) is 9.17. The minimum Gasteiger partial charge on any atom is -0.369 e. The van der Waals surface area contributed by atoms with Crippen molar-refractivity contribution in [1.29, 1.82) is 0 Å². The van der Waals surface area contributed by atoms with E-state index in [1.165, 1.54) is 22.3 Å². The number of halogens is 1. The quantitative estimate of drug-likeness (QED) is 0.439. The van der Waals surface area contributed by atoms with Gasteiger partial charge >= 0.3 is 0 Å². The second-order valence-electron chi connectivity index (χ2n) is 10.7. The van der Waals surface area contributed by atoms with Crippen LogP contribution in [0, 0.1) is 5.92 Å². The van der Waals surface area contributed by atoms with Crippen molar-refractivity contribution in [3.05, 3.63) is 28.6 Å². The Balaban J connectivity index is 1.16. The number of hydrogen-bond donors (Lipinski definition) is 2. The Hall–Kier alpha value is -2.03. The van der Waals surface area contributed by atoms with Gasteiger partial charge in [-0.1, -0.05) is 11.6 Å². The van der Waals surface area contributed by atoms with Crippen LogP contribution in [0.5, 0.6) is 0 Å². The van der Waals surface area contributed by atoms with Crippen LogP contribution in [0.4, 0.5) is 0 Å². The molecule has 3 N–H and O–H groups in total. The van der Waals surface area contributed by atoms with Gasteiger partial charge in [-0.15, -0.1) is 22.7 Å². The molecule has 40 heavy (non-hydrogen) atoms. The lowest BCUT2D eigenvalue weighted by Crippen LogP contribution is -2.55. The van der Waals surface area contributed by atoms with Crippen molar-refractivity contribution in [1.82, 2.24) is 19.4 Å². The highest BCUT2D eigenvalue weighted by atomic mass is 35.5. The molecule has 0 spiro atoms. The normalized spacial score (nSPS) is 23.2. The maximum Gasteiger partial charge on any atom is 0.250 e. The summed E-state index contributed by atoms with van der Waals surface area (Å²) in [4.78, 5) is 45.4. The molecule has 10 nitrogen and oxygen atoms in total. The van der Waals surface area contributed by atoms with Gasteiger partial charge in [0.05, 0.1) is 10.9 Å². The van der Waals surface area contributed by atoms with Gasteiger partial charge in [0.15, 0.2) is 0 Å². The van der Waals surface area contributed by atoms with Crippen LogP contribution in [0.15, 0.2) is 28.5 Å². The molecule has 218 valence electrons. The van der Waals surface area contributed by atoms with Gasteiger partial charge in [0.1, 0.15) is 10.3 Å². The third-order valence-corrected chi connectivity index (χ3v) is 12.4. The number of amides is 3. The van der Waals surface area contributed by atoms with Gasteiger partial charge in [-0.2, -0.15) is 4.72 Å². The van der Waals surface area contributed by atoms with Crippen molar-refractivity contribution in [2.75, 3.05) is 39.3 Å². The Morgan fingerprint density at radius 1 is 0.975 bits per heavy atom. The third-order valence-electron chi connectivity index (χ3n) is 7.97. The Morgan fingerprint density at radius 3 is 2.38 bits per heavy atom. The van der Waals surface area contributed by atoms with E-state index < -0.39 is 16.1 Å². The summed E-state index contributed by atoms with van der Waals surface area (Å²) in [6.07, 6.45) is 4.28. The fourth-order valence-corrected chi connectivity index (χ4v) is 9.48. The van der Waals surface area contributed by atoms with Gasteiger partial charge in [-0.25, -0.2) is 8.42 Å². The minimum atomic E-state index is -3.91. The molecule has 14 heteroatoms. The van der Waals surface area contributed by atoms with E-state index in [1.54, 1.807) is 12.1 Å². The third kappa shape index (κ3) is 6.71. The number of nitrogens with one attached hydrogen (secondary N) is 1. The van der Waals surface area contributed by atoms with Gasteiger partial charge in [0.25, 0.3) is 10.0 Å². The predicted octanol–water partition coefficient (Wildman–Crippen LogP) is 2.59. The Morgan fingerprint density at radius 2 is 1.68 bits per heavy atom. The van der Waals surface area contributed by atoms with Crippen LogP contribution in [-0.2, 0) is 24.4 Å². The first-order valence-corrected chi connectivity index (χ1v) is 17.1. The number of sulfonamides is 1. The largest absolute Gasteiger partial charge is 0.369 e. The van der Waals surface area contributed by atoms with E-state index in [0.717, 1.165) is 66.4 Å². The van der Waals surface area contributed by atoms with Crippen molar-refractivity contribution < 1.29 is 22.8 Å². The predicted molar refractivity (Wildman–Crippen MR) is 156 cm³/mol. The molecule has 2 aromatic rings. The summed E-state index contributed by atoms with van der Waals surface area (Å²) >= 11 is 8.52. The average molecular weight is 628 g/mol. The SMILES string of the molecule is NC(=O)C1CCN(C[C@@H]2CCCN2C(=O)CN2CCC[C@H](NS(=O)(=O)c3ccc(-c4ccc(Cl)s4)s3)C2=O)CC1. The molecule has 5 rings (SSSR count). The van der Waals surface area contributed by atoms with Gasteiger partial charge in [-0.3, -0.25) is 14.4 Å². The first-order valence-electron chi connectivity index (χ1n) is 13.6. The van der Waals surface area contributed by atoms with Crippen LogP contribution in [0.2, 0.25) is 4.34 Å². The summed E-state index contributed by atoms with van der Waals surface area (Å²) < 4.78 is 29.6. The number of carbonyl (C=O) groups is 3. The highest BCUT2D eigenvalue weighted by Crippen LogP contribution is 2.37. The molecule has 3 aliphatic heterocycles. The summed E-state index contributed by atoms with van der Waals surface area (Å²) in [5.41, 5.74) is 5.45. The van der Waals surface area contributed by atoms with Crippen molar-refractivity contribution in [2.45, 2.75) is 54.8 Å². The van der Waals surface area contributed by atoms with Crippen molar-refractivity contribution in [3.63, 3.8) is 0 Å². The smallest absolute Gasteiger partial charge is 0.250 e. The summed E-state index contributed by atoms with van der Waals surface area (Å²) in [5.74, 6) is -0.791. The van der Waals surface area contributed by atoms with Crippen molar-refractivity contribution in [2.24, 2.45) is 11.7 Å². The summed E-state index contributed by atoms with van der Waals surface area (Å²) in [6.45, 7) is 3.32. The van der Waals surface area contributed by atoms with Gasteiger partial charge in [0.2, 0.25) is 17.7 Å². The van der Waals surface area contributed by atoms with Crippen molar-refractivity contribution in [3.8, 4) is 9.75 Å². The fraction of sp³-hybridized carbons (Fsp3) is 0.577. The summed E-state index contributed by atoms with van der Waals surface area (Å²) in [7, 11) is -3.91. The number of piperidine rings is 2. The van der Waals surface area contributed by atoms with E-state index in [9.17, 15) is 22.8 Å². The molecule has 5 heterocycles. The molecule has 3 aliphatic rings. The first kappa shape index (κ1) is 29.5. The van der Waals surface area contributed by atoms with E-state index in [-0.39, 0.29) is 40.4 Å². The highest BCUT2D eigenvalue weighted by molar-refractivity contribution is 7.91. The number of nitrogens with zero attached hydrogens (tertiary/aromatic N) is 3. The lowest BCUT2D eigenvalue weighted by Gasteiger charge is -2.36. The second kappa shape index (κ2) is 12.5. The van der Waals surface area contributed by atoms with Gasteiger partial charge in [-0.05, 0) is 75.9 Å². The summed E-state index contributed by atoms with van der Waals surface area (Å²) in [6, 6.07) is 6.05. The molecule has 3 fully saturated rings. The zero-order valence-corrected chi connectivity index (χ0v) is 25.3. The lowest BCUT2D eigenvalue weighted by atomic mass is 9.96. The molecular weight excluding hydrogens is 594 g/mol. The van der Waals surface area contributed by atoms with Crippen LogP contribution in [-0.4, -0.2) is 92.2 Å². The van der Waals surface area contributed by atoms with Crippen LogP contribution >= 0.6 is 34.3 Å². The number of hydrogen-bond acceptors (Lipinski definition) is 8. The van der Waals surface area contributed by atoms with E-state index in [0.29, 0.717) is 30.3 Å². The zero-order chi connectivity index (χ0) is 28.4. The topological polar surface area (TPSA) is 133 Å². The van der Waals surface area contributed by atoms with E-state index >= 15 is 0 Å². The maximum atomic E-state index is 13.3. The number of rotatable bonds is 9. The average Bonchev–Trinajstić information content (AvgIpc) is 3.68. The fourth-order valence-electron chi connectivity index (χ4n) is 5.80. The maximum absolute atomic E-state index is 13.3. The highest BCUT2D eigenvalue weighted by Gasteiger charge is 2.37. The molecule has 0 unspecified atom stereocenters. The minimum absolute atomic E-state index is 0.0560. The van der Waals surface area contributed by atoms with E-state index in [1.807, 2.05) is 11.0 Å². The monoisotopic (exact) mass is 627 g/mol. The number of carbonyl (C=O) groups excluding carboxylic acids is 3. The van der Waals surface area contributed by atoms with E-state index in [4.69, 9.17) is 17.3 Å². The lowest BCUT2D eigenvalue weighted by molar-refractivity contribution is -0.143. The molecule has 0 bridgehead atoms. The van der Waals surface area contributed by atoms with Crippen LogP contribution in [0.3, 0.4) is 0 Å². The van der Waals surface area contributed by atoms with Crippen LogP contribution < -0.4 is 10.5 Å². The molecule has 0 saturated carbocycles. The number of likely N-dealkylation sites (tertiary alicyclic amines) is 3. The molecular formula is C26H34ClN5O5S3.